The van der Waals surface area contributed by atoms with Gasteiger partial charge in [0.25, 0.3) is 0 Å². The summed E-state index contributed by atoms with van der Waals surface area (Å²) >= 11 is 3.42. The molecule has 1 atom stereocenters. The predicted octanol–water partition coefficient (Wildman–Crippen LogP) is 4.11. The Morgan fingerprint density at radius 3 is 2.71 bits per heavy atom. The van der Waals surface area contributed by atoms with Crippen LogP contribution < -0.4 is 4.74 Å². The van der Waals surface area contributed by atoms with Crippen molar-refractivity contribution in [1.82, 2.24) is 0 Å². The van der Waals surface area contributed by atoms with Gasteiger partial charge in [-0.25, -0.2) is 0 Å². The summed E-state index contributed by atoms with van der Waals surface area (Å²) in [5.41, 5.74) is 1.58. The van der Waals surface area contributed by atoms with Crippen LogP contribution in [0.5, 0.6) is 5.75 Å². The van der Waals surface area contributed by atoms with Crippen LogP contribution in [0, 0.1) is 0 Å². The maximum atomic E-state index is 12.4. The molecular formula is C17H13BrO3. The fraction of sp³-hybridized carbons (Fsp3) is 0.176. The van der Waals surface area contributed by atoms with Crippen molar-refractivity contribution in [1.29, 1.82) is 0 Å². The van der Waals surface area contributed by atoms with Gasteiger partial charge < -0.3 is 4.74 Å². The lowest BCUT2D eigenvalue weighted by Gasteiger charge is -2.24. The largest absolute Gasteiger partial charge is 0.426 e. The van der Waals surface area contributed by atoms with Crippen LogP contribution in [0.4, 0.5) is 0 Å². The van der Waals surface area contributed by atoms with Gasteiger partial charge in [-0.1, -0.05) is 46.3 Å². The summed E-state index contributed by atoms with van der Waals surface area (Å²) in [6, 6.07) is 14.7. The highest BCUT2D eigenvalue weighted by atomic mass is 79.9. The lowest BCUT2D eigenvalue weighted by atomic mass is 9.87. The summed E-state index contributed by atoms with van der Waals surface area (Å²) in [6.45, 7) is 0. The van der Waals surface area contributed by atoms with Crippen molar-refractivity contribution in [2.45, 2.75) is 18.8 Å². The predicted molar refractivity (Wildman–Crippen MR) is 82.5 cm³/mol. The van der Waals surface area contributed by atoms with Gasteiger partial charge in [0.05, 0.1) is 6.42 Å². The van der Waals surface area contributed by atoms with Crippen LogP contribution in [-0.2, 0) is 4.79 Å². The third kappa shape index (κ3) is 3.05. The van der Waals surface area contributed by atoms with Gasteiger partial charge >= 0.3 is 5.97 Å². The third-order valence-corrected chi connectivity index (χ3v) is 4.07. The van der Waals surface area contributed by atoms with Crippen molar-refractivity contribution in [3.8, 4) is 5.75 Å². The minimum absolute atomic E-state index is 0.0428. The standard InChI is InChI=1S/C17H13BrO3/c18-13-6-7-16-14(10-13)12(9-17(20)21-16)8-15(19)11-4-2-1-3-5-11/h1-7,10,12H,8-9H2. The average molecular weight is 345 g/mol. The normalized spacial score (nSPS) is 17.0. The molecule has 2 aromatic rings. The molecule has 0 bridgehead atoms. The van der Waals surface area contributed by atoms with E-state index in [0.29, 0.717) is 17.7 Å². The molecule has 1 aliphatic rings. The number of carbonyl (C=O) groups excluding carboxylic acids is 2. The van der Waals surface area contributed by atoms with Crippen LogP contribution in [0.3, 0.4) is 0 Å². The summed E-state index contributed by atoms with van der Waals surface area (Å²) < 4.78 is 6.15. The van der Waals surface area contributed by atoms with Crippen molar-refractivity contribution in [2.75, 3.05) is 0 Å². The van der Waals surface area contributed by atoms with Crippen LogP contribution >= 0.6 is 15.9 Å². The van der Waals surface area contributed by atoms with E-state index in [0.717, 1.165) is 10.0 Å². The molecule has 0 spiro atoms. The van der Waals surface area contributed by atoms with E-state index in [2.05, 4.69) is 15.9 Å². The lowest BCUT2D eigenvalue weighted by Crippen LogP contribution is -2.22. The van der Waals surface area contributed by atoms with Gasteiger partial charge in [0.15, 0.2) is 5.78 Å². The zero-order valence-electron chi connectivity index (χ0n) is 11.2. The van der Waals surface area contributed by atoms with E-state index in [1.54, 1.807) is 18.2 Å². The SMILES string of the molecule is O=C1CC(CC(=O)c2ccccc2)c2cc(Br)ccc2O1. The number of esters is 1. The van der Waals surface area contributed by atoms with Gasteiger partial charge in [-0.15, -0.1) is 0 Å². The smallest absolute Gasteiger partial charge is 0.311 e. The number of Topliss-reactive ketones (excluding diaryl/α,β-unsaturated/α-hetero) is 1. The van der Waals surface area contributed by atoms with E-state index in [-0.39, 0.29) is 24.1 Å². The first-order chi connectivity index (χ1) is 10.1. The van der Waals surface area contributed by atoms with Crippen molar-refractivity contribution < 1.29 is 14.3 Å². The van der Waals surface area contributed by atoms with Crippen LogP contribution in [0.25, 0.3) is 0 Å². The Balaban J connectivity index is 1.88. The molecule has 1 unspecified atom stereocenters. The minimum atomic E-state index is -0.282. The highest BCUT2D eigenvalue weighted by molar-refractivity contribution is 9.10. The number of ether oxygens (including phenoxy) is 1. The molecule has 0 aliphatic carbocycles. The monoisotopic (exact) mass is 344 g/mol. The van der Waals surface area contributed by atoms with Crippen molar-refractivity contribution in [3.63, 3.8) is 0 Å². The molecule has 0 saturated carbocycles. The molecule has 0 N–H and O–H groups in total. The van der Waals surface area contributed by atoms with E-state index >= 15 is 0 Å². The van der Waals surface area contributed by atoms with Gasteiger partial charge in [0.1, 0.15) is 5.75 Å². The fourth-order valence-electron chi connectivity index (χ4n) is 2.55. The zero-order chi connectivity index (χ0) is 14.8. The number of halogens is 1. The number of fused-ring (bicyclic) bond motifs is 1. The number of carbonyl (C=O) groups is 2. The first-order valence-corrected chi connectivity index (χ1v) is 7.51. The molecule has 21 heavy (non-hydrogen) atoms. The zero-order valence-corrected chi connectivity index (χ0v) is 12.8. The van der Waals surface area contributed by atoms with Crippen molar-refractivity contribution in [3.05, 3.63) is 64.1 Å². The molecule has 1 aliphatic heterocycles. The quantitative estimate of drug-likeness (QED) is 0.478. The van der Waals surface area contributed by atoms with E-state index in [9.17, 15) is 9.59 Å². The Hall–Kier alpha value is -1.94. The second-order valence-corrected chi connectivity index (χ2v) is 5.97. The summed E-state index contributed by atoms with van der Waals surface area (Å²) in [6.07, 6.45) is 0.546. The van der Waals surface area contributed by atoms with Crippen LogP contribution in [-0.4, -0.2) is 11.8 Å². The molecule has 1 heterocycles. The second kappa shape index (κ2) is 5.82. The summed E-state index contributed by atoms with van der Waals surface area (Å²) in [7, 11) is 0. The number of rotatable bonds is 3. The molecule has 0 aromatic heterocycles. The highest BCUT2D eigenvalue weighted by Gasteiger charge is 2.29. The van der Waals surface area contributed by atoms with E-state index < -0.39 is 0 Å². The number of hydrogen-bond donors (Lipinski definition) is 0. The summed E-state index contributed by atoms with van der Waals surface area (Å²) in [4.78, 5) is 24.0. The number of benzene rings is 2. The summed E-state index contributed by atoms with van der Waals surface area (Å²) in [5, 5.41) is 0. The second-order valence-electron chi connectivity index (χ2n) is 5.05. The molecule has 0 radical (unpaired) electrons. The topological polar surface area (TPSA) is 43.4 Å². The van der Waals surface area contributed by atoms with E-state index in [1.165, 1.54) is 0 Å². The van der Waals surface area contributed by atoms with Gasteiger partial charge in [-0.2, -0.15) is 0 Å². The van der Waals surface area contributed by atoms with Gasteiger partial charge in [-0.05, 0) is 18.2 Å². The molecule has 3 nitrogen and oxygen atoms in total. The molecular weight excluding hydrogens is 332 g/mol. The highest BCUT2D eigenvalue weighted by Crippen LogP contribution is 2.38. The van der Waals surface area contributed by atoms with Gasteiger partial charge in [0.2, 0.25) is 0 Å². The van der Waals surface area contributed by atoms with E-state index in [1.807, 2.05) is 30.3 Å². The Morgan fingerprint density at radius 2 is 1.95 bits per heavy atom. The molecule has 0 saturated heterocycles. The van der Waals surface area contributed by atoms with Crippen LogP contribution in [0.15, 0.2) is 53.0 Å². The lowest BCUT2D eigenvalue weighted by molar-refractivity contribution is -0.135. The molecule has 3 rings (SSSR count). The molecule has 2 aromatic carbocycles. The first kappa shape index (κ1) is 14.0. The Bertz CT molecular complexity index is 694. The Morgan fingerprint density at radius 1 is 1.19 bits per heavy atom. The molecule has 0 amide bonds. The Kier molecular flexibility index (Phi) is 3.88. The van der Waals surface area contributed by atoms with Crippen molar-refractivity contribution in [2.24, 2.45) is 0 Å². The molecule has 4 heteroatoms. The molecule has 106 valence electrons. The molecule has 0 fully saturated rings. The third-order valence-electron chi connectivity index (χ3n) is 3.58. The first-order valence-electron chi connectivity index (χ1n) is 6.72. The fourth-order valence-corrected chi connectivity index (χ4v) is 2.93. The van der Waals surface area contributed by atoms with E-state index in [4.69, 9.17) is 4.74 Å². The maximum absolute atomic E-state index is 12.4. The van der Waals surface area contributed by atoms with Crippen molar-refractivity contribution >= 4 is 27.7 Å². The maximum Gasteiger partial charge on any atom is 0.311 e. The minimum Gasteiger partial charge on any atom is -0.426 e. The summed E-state index contributed by atoms with van der Waals surface area (Å²) in [5.74, 6) is 0.184. The Labute approximate surface area is 131 Å². The average Bonchev–Trinajstić information content (AvgIpc) is 2.49. The number of ketones is 1. The van der Waals surface area contributed by atoms with Gasteiger partial charge in [-0.3, -0.25) is 9.59 Å². The van der Waals surface area contributed by atoms with Gasteiger partial charge in [0, 0.05) is 27.9 Å². The number of hydrogen-bond acceptors (Lipinski definition) is 3. The van der Waals surface area contributed by atoms with Crippen LogP contribution in [0.2, 0.25) is 0 Å². The van der Waals surface area contributed by atoms with Crippen LogP contribution in [0.1, 0.15) is 34.7 Å².